The summed E-state index contributed by atoms with van der Waals surface area (Å²) in [5.74, 6) is -0.954. The lowest BCUT2D eigenvalue weighted by atomic mass is 10.1. The second kappa shape index (κ2) is 59.4. The van der Waals surface area contributed by atoms with Gasteiger partial charge in [0.05, 0.1) is 0 Å². The summed E-state index contributed by atoms with van der Waals surface area (Å²) in [6.07, 6.45) is 76.1. The highest BCUT2D eigenvalue weighted by molar-refractivity contribution is 5.71. The highest BCUT2D eigenvalue weighted by Crippen LogP contribution is 2.15. The van der Waals surface area contributed by atoms with Gasteiger partial charge in [0.2, 0.25) is 0 Å². The molecule has 0 rings (SSSR count). The Morgan fingerprint density at radius 2 is 0.521 bits per heavy atom. The van der Waals surface area contributed by atoms with Crippen molar-refractivity contribution in [2.45, 2.75) is 309 Å². The standard InChI is InChI=1S/C65H114O6/c1-4-7-10-13-16-19-22-25-28-31-32-35-37-40-43-46-49-52-55-58-64(67)70-61-62(71-65(68)59-56-53-50-47-44-41-38-34-30-27-24-21-18-15-12-9-6-3)60-69-63(66)57-54-51-48-45-42-39-36-33-29-26-23-20-17-14-11-8-5-2/h18,21,26-27,29-32,38,41,47,50,62H,4-17,19-20,22-25,28,33-37,39-40,42-46,48-49,51-61H2,1-3H3/b21-18-,29-26-,30-27-,32-31-,41-38-,50-47-/t62-/m1/s1. The van der Waals surface area contributed by atoms with Crippen molar-refractivity contribution in [3.63, 3.8) is 0 Å². The van der Waals surface area contributed by atoms with E-state index in [0.29, 0.717) is 19.3 Å². The van der Waals surface area contributed by atoms with Crippen molar-refractivity contribution in [1.29, 1.82) is 0 Å². The van der Waals surface area contributed by atoms with Gasteiger partial charge in [0, 0.05) is 19.3 Å². The first kappa shape index (κ1) is 67.8. The Labute approximate surface area is 440 Å². The van der Waals surface area contributed by atoms with Crippen molar-refractivity contribution in [2.24, 2.45) is 0 Å². The molecule has 0 unspecified atom stereocenters. The van der Waals surface area contributed by atoms with Crippen LogP contribution < -0.4 is 0 Å². The van der Waals surface area contributed by atoms with Crippen LogP contribution >= 0.6 is 0 Å². The molecule has 0 aromatic carbocycles. The van der Waals surface area contributed by atoms with E-state index in [1.54, 1.807) is 0 Å². The van der Waals surface area contributed by atoms with Crippen molar-refractivity contribution >= 4 is 17.9 Å². The van der Waals surface area contributed by atoms with Gasteiger partial charge >= 0.3 is 17.9 Å². The maximum atomic E-state index is 12.9. The third-order valence-electron chi connectivity index (χ3n) is 13.2. The van der Waals surface area contributed by atoms with Crippen molar-refractivity contribution in [3.05, 3.63) is 72.9 Å². The van der Waals surface area contributed by atoms with Gasteiger partial charge in [0.15, 0.2) is 6.10 Å². The van der Waals surface area contributed by atoms with Crippen LogP contribution in [0.4, 0.5) is 0 Å². The van der Waals surface area contributed by atoms with Crippen LogP contribution in [-0.2, 0) is 28.6 Å². The van der Waals surface area contributed by atoms with Crippen LogP contribution in [-0.4, -0.2) is 37.2 Å². The average Bonchev–Trinajstić information content (AvgIpc) is 3.37. The van der Waals surface area contributed by atoms with E-state index in [2.05, 4.69) is 93.7 Å². The molecule has 71 heavy (non-hydrogen) atoms. The minimum atomic E-state index is -0.808. The molecule has 0 aliphatic carbocycles. The molecule has 0 bridgehead atoms. The maximum absolute atomic E-state index is 12.9. The van der Waals surface area contributed by atoms with Crippen LogP contribution in [0.3, 0.4) is 0 Å². The Morgan fingerprint density at radius 3 is 0.873 bits per heavy atom. The molecule has 6 nitrogen and oxygen atoms in total. The number of unbranched alkanes of at least 4 members (excludes halogenated alkanes) is 32. The summed E-state index contributed by atoms with van der Waals surface area (Å²) >= 11 is 0. The molecule has 1 atom stereocenters. The summed E-state index contributed by atoms with van der Waals surface area (Å²) in [7, 11) is 0. The van der Waals surface area contributed by atoms with Crippen LogP contribution in [0.2, 0.25) is 0 Å². The SMILES string of the molecule is CCCCC/C=C\C/C=C\C/C=C\C/C=C\CCCC(=O)O[C@H](COC(=O)CCCCCCCCC/C=C\CCCCCCCC)COC(=O)CCCCCCCCC/C=C\CCCCCCCCCC. The van der Waals surface area contributed by atoms with Gasteiger partial charge in [-0.2, -0.15) is 0 Å². The lowest BCUT2D eigenvalue weighted by Crippen LogP contribution is -2.30. The first-order chi connectivity index (χ1) is 35.0. The summed E-state index contributed by atoms with van der Waals surface area (Å²) < 4.78 is 16.8. The average molecular weight is 992 g/mol. The molecule has 0 amide bonds. The Hall–Kier alpha value is -3.15. The Morgan fingerprint density at radius 1 is 0.282 bits per heavy atom. The van der Waals surface area contributed by atoms with E-state index in [0.717, 1.165) is 64.2 Å². The van der Waals surface area contributed by atoms with Gasteiger partial charge in [-0.05, 0) is 109 Å². The number of ether oxygens (including phenoxy) is 3. The Balaban J connectivity index is 4.45. The molecule has 0 aliphatic rings. The third-order valence-corrected chi connectivity index (χ3v) is 13.2. The van der Waals surface area contributed by atoms with E-state index in [9.17, 15) is 14.4 Å². The molecule has 0 aromatic heterocycles. The fraction of sp³-hybridized carbons (Fsp3) is 0.769. The van der Waals surface area contributed by atoms with E-state index in [1.807, 2.05) is 0 Å². The number of hydrogen-bond donors (Lipinski definition) is 0. The second-order valence-electron chi connectivity index (χ2n) is 20.2. The highest BCUT2D eigenvalue weighted by Gasteiger charge is 2.19. The smallest absolute Gasteiger partial charge is 0.306 e. The van der Waals surface area contributed by atoms with Crippen molar-refractivity contribution in [2.75, 3.05) is 13.2 Å². The van der Waals surface area contributed by atoms with Crippen LogP contribution in [0.25, 0.3) is 0 Å². The summed E-state index contributed by atoms with van der Waals surface area (Å²) in [6.45, 7) is 6.58. The van der Waals surface area contributed by atoms with E-state index in [-0.39, 0.29) is 37.5 Å². The van der Waals surface area contributed by atoms with Gasteiger partial charge in [-0.3, -0.25) is 14.4 Å². The fourth-order valence-corrected chi connectivity index (χ4v) is 8.54. The van der Waals surface area contributed by atoms with Crippen molar-refractivity contribution < 1.29 is 28.6 Å². The number of carbonyl (C=O) groups excluding carboxylic acids is 3. The van der Waals surface area contributed by atoms with E-state index < -0.39 is 6.10 Å². The topological polar surface area (TPSA) is 78.9 Å². The van der Waals surface area contributed by atoms with Gasteiger partial charge in [-0.15, -0.1) is 0 Å². The van der Waals surface area contributed by atoms with E-state index >= 15 is 0 Å². The van der Waals surface area contributed by atoms with Crippen LogP contribution in [0.5, 0.6) is 0 Å². The monoisotopic (exact) mass is 991 g/mol. The molecule has 0 heterocycles. The quantitative estimate of drug-likeness (QED) is 0.0261. The minimum absolute atomic E-state index is 0.0997. The minimum Gasteiger partial charge on any atom is -0.462 e. The number of esters is 3. The van der Waals surface area contributed by atoms with Gasteiger partial charge in [0.1, 0.15) is 13.2 Å². The van der Waals surface area contributed by atoms with E-state index in [4.69, 9.17) is 14.2 Å². The number of allylic oxidation sites excluding steroid dienone is 12. The van der Waals surface area contributed by atoms with Gasteiger partial charge in [0.25, 0.3) is 0 Å². The summed E-state index contributed by atoms with van der Waals surface area (Å²) in [5, 5.41) is 0. The van der Waals surface area contributed by atoms with Crippen LogP contribution in [0.1, 0.15) is 303 Å². The fourth-order valence-electron chi connectivity index (χ4n) is 8.54. The van der Waals surface area contributed by atoms with Crippen molar-refractivity contribution in [3.8, 4) is 0 Å². The molecule has 6 heteroatoms. The molecule has 0 radical (unpaired) electrons. The number of hydrogen-bond acceptors (Lipinski definition) is 6. The zero-order valence-corrected chi connectivity index (χ0v) is 47.0. The molecular formula is C65H114O6. The summed E-state index contributed by atoms with van der Waals surface area (Å²) in [5.41, 5.74) is 0. The number of carbonyl (C=O) groups is 3. The van der Waals surface area contributed by atoms with E-state index in [1.165, 1.54) is 193 Å². The zero-order valence-electron chi connectivity index (χ0n) is 47.0. The normalized spacial score (nSPS) is 12.5. The molecule has 0 N–H and O–H groups in total. The first-order valence-electron chi connectivity index (χ1n) is 30.4. The summed E-state index contributed by atoms with van der Waals surface area (Å²) in [4.78, 5) is 38.2. The second-order valence-corrected chi connectivity index (χ2v) is 20.2. The molecular weight excluding hydrogens is 877 g/mol. The van der Waals surface area contributed by atoms with Crippen LogP contribution in [0.15, 0.2) is 72.9 Å². The molecule has 0 spiro atoms. The lowest BCUT2D eigenvalue weighted by Gasteiger charge is -2.18. The van der Waals surface area contributed by atoms with Gasteiger partial charge in [-0.1, -0.05) is 248 Å². The van der Waals surface area contributed by atoms with Crippen LogP contribution in [0, 0.1) is 0 Å². The first-order valence-corrected chi connectivity index (χ1v) is 30.4. The predicted octanol–water partition coefficient (Wildman–Crippen LogP) is 20.5. The Kier molecular flexibility index (Phi) is 56.8. The van der Waals surface area contributed by atoms with Gasteiger partial charge < -0.3 is 14.2 Å². The molecule has 0 aliphatic heterocycles. The maximum Gasteiger partial charge on any atom is 0.306 e. The largest absolute Gasteiger partial charge is 0.462 e. The zero-order chi connectivity index (χ0) is 51.4. The molecule has 0 fully saturated rings. The molecule has 0 saturated heterocycles. The summed E-state index contributed by atoms with van der Waals surface area (Å²) in [6, 6.07) is 0. The molecule has 0 aromatic rings. The van der Waals surface area contributed by atoms with Crippen molar-refractivity contribution in [1.82, 2.24) is 0 Å². The lowest BCUT2D eigenvalue weighted by molar-refractivity contribution is -0.167. The van der Waals surface area contributed by atoms with Gasteiger partial charge in [-0.25, -0.2) is 0 Å². The molecule has 410 valence electrons. The highest BCUT2D eigenvalue weighted by atomic mass is 16.6. The Bertz CT molecular complexity index is 1320. The third kappa shape index (κ3) is 57.6. The molecule has 0 saturated carbocycles. The number of rotatable bonds is 55. The predicted molar refractivity (Wildman–Crippen MR) is 307 cm³/mol.